The number of fused-ring (bicyclic) bond motifs is 1. The molecule has 118 valence electrons. The van der Waals surface area contributed by atoms with Gasteiger partial charge in [0.05, 0.1) is 7.11 Å². The van der Waals surface area contributed by atoms with Gasteiger partial charge in [0.25, 0.3) is 0 Å². The van der Waals surface area contributed by atoms with Crippen molar-refractivity contribution in [3.8, 4) is 0 Å². The van der Waals surface area contributed by atoms with E-state index >= 15 is 0 Å². The van der Waals surface area contributed by atoms with Crippen LogP contribution < -0.4 is 0 Å². The highest BCUT2D eigenvalue weighted by Gasteiger charge is 2.18. The molecule has 0 saturated heterocycles. The molecular weight excluding hydrogens is 300 g/mol. The predicted octanol–water partition coefficient (Wildman–Crippen LogP) is 2.94. The lowest BCUT2D eigenvalue weighted by molar-refractivity contribution is -0.136. The first-order valence-corrected chi connectivity index (χ1v) is 7.32. The maximum absolute atomic E-state index is 11.6. The van der Waals surface area contributed by atoms with Crippen LogP contribution in [0.4, 0.5) is 0 Å². The van der Waals surface area contributed by atoms with Gasteiger partial charge in [-0.25, -0.2) is 4.79 Å². The number of esters is 1. The molecule has 4 nitrogen and oxygen atoms in total. The van der Waals surface area contributed by atoms with Crippen molar-refractivity contribution in [1.82, 2.24) is 9.88 Å². The average molecular weight is 321 g/mol. The van der Waals surface area contributed by atoms with Crippen LogP contribution in [-0.2, 0) is 16.0 Å². The maximum atomic E-state index is 11.6. The Morgan fingerprint density at radius 3 is 3.00 bits per heavy atom. The molecule has 0 aliphatic carbocycles. The van der Waals surface area contributed by atoms with E-state index in [-0.39, 0.29) is 18.4 Å². The fourth-order valence-corrected chi connectivity index (χ4v) is 2.89. The number of hydrogen-bond donors (Lipinski definition) is 1. The third-order valence-corrected chi connectivity index (χ3v) is 4.05. The minimum absolute atomic E-state index is 0. The first-order valence-electron chi connectivity index (χ1n) is 7.32. The molecule has 22 heavy (non-hydrogen) atoms. The summed E-state index contributed by atoms with van der Waals surface area (Å²) < 4.78 is 4.81. The van der Waals surface area contributed by atoms with E-state index in [0.717, 1.165) is 31.5 Å². The number of carbonyl (C=O) groups excluding carboxylic acids is 1. The summed E-state index contributed by atoms with van der Waals surface area (Å²) in [6.07, 6.45) is 5.98. The Morgan fingerprint density at radius 1 is 1.36 bits per heavy atom. The Balaban J connectivity index is 0.00000176. The van der Waals surface area contributed by atoms with Crippen molar-refractivity contribution < 1.29 is 9.53 Å². The summed E-state index contributed by atoms with van der Waals surface area (Å²) in [7, 11) is 1.44. The van der Waals surface area contributed by atoms with Gasteiger partial charge in [0, 0.05) is 42.3 Å². The van der Waals surface area contributed by atoms with Gasteiger partial charge in [0.15, 0.2) is 0 Å². The molecule has 5 heteroatoms. The molecule has 0 amide bonds. The lowest BCUT2D eigenvalue weighted by Gasteiger charge is -2.26. The SMILES string of the molecule is COC(=O)C1=CCCN(CCc2c[nH]c3ccccc23)C1.Cl. The van der Waals surface area contributed by atoms with Gasteiger partial charge in [0.1, 0.15) is 0 Å². The molecule has 2 aromatic rings. The highest BCUT2D eigenvalue weighted by molar-refractivity contribution is 5.89. The summed E-state index contributed by atoms with van der Waals surface area (Å²) in [6, 6.07) is 8.36. The Bertz CT molecular complexity index is 678. The maximum Gasteiger partial charge on any atom is 0.334 e. The number of halogens is 1. The summed E-state index contributed by atoms with van der Waals surface area (Å²) >= 11 is 0. The van der Waals surface area contributed by atoms with E-state index in [2.05, 4.69) is 34.3 Å². The van der Waals surface area contributed by atoms with Crippen molar-refractivity contribution >= 4 is 29.3 Å². The van der Waals surface area contributed by atoms with E-state index in [9.17, 15) is 4.79 Å². The van der Waals surface area contributed by atoms with Crippen molar-refractivity contribution in [2.75, 3.05) is 26.7 Å². The standard InChI is InChI=1S/C17H20N2O2.ClH/c1-21-17(20)14-5-4-9-19(12-14)10-8-13-11-18-16-7-3-2-6-15(13)16;/h2-3,5-7,11,18H,4,8-10,12H2,1H3;1H. The highest BCUT2D eigenvalue weighted by atomic mass is 35.5. The number of aromatic nitrogens is 1. The van der Waals surface area contributed by atoms with Crippen LogP contribution in [0.15, 0.2) is 42.1 Å². The number of para-hydroxylation sites is 1. The number of ether oxygens (including phenoxy) is 1. The van der Waals surface area contributed by atoms with Gasteiger partial charge in [-0.3, -0.25) is 4.90 Å². The van der Waals surface area contributed by atoms with Gasteiger partial charge in [-0.2, -0.15) is 0 Å². The Morgan fingerprint density at radius 2 is 2.18 bits per heavy atom. The zero-order valence-electron chi connectivity index (χ0n) is 12.7. The molecular formula is C17H21ClN2O2. The normalized spacial score (nSPS) is 15.2. The Hall–Kier alpha value is -1.78. The fourth-order valence-electron chi connectivity index (χ4n) is 2.89. The zero-order chi connectivity index (χ0) is 14.7. The molecule has 0 atom stereocenters. The van der Waals surface area contributed by atoms with E-state index in [1.807, 2.05) is 12.1 Å². The Labute approximate surface area is 136 Å². The number of aromatic amines is 1. The summed E-state index contributed by atoms with van der Waals surface area (Å²) in [5.74, 6) is -0.202. The van der Waals surface area contributed by atoms with E-state index in [1.165, 1.54) is 23.6 Å². The molecule has 2 heterocycles. The van der Waals surface area contributed by atoms with Crippen LogP contribution in [0.25, 0.3) is 10.9 Å². The number of rotatable bonds is 4. The van der Waals surface area contributed by atoms with Crippen LogP contribution in [0, 0.1) is 0 Å². The van der Waals surface area contributed by atoms with Crippen LogP contribution in [0.1, 0.15) is 12.0 Å². The summed E-state index contributed by atoms with van der Waals surface area (Å²) in [5.41, 5.74) is 3.30. The lowest BCUT2D eigenvalue weighted by Crippen LogP contribution is -2.34. The fraction of sp³-hybridized carbons (Fsp3) is 0.353. The van der Waals surface area contributed by atoms with Crippen LogP contribution in [-0.4, -0.2) is 42.6 Å². The topological polar surface area (TPSA) is 45.3 Å². The first kappa shape index (κ1) is 16.6. The summed E-state index contributed by atoms with van der Waals surface area (Å²) in [4.78, 5) is 17.2. The van der Waals surface area contributed by atoms with E-state index in [0.29, 0.717) is 6.54 Å². The van der Waals surface area contributed by atoms with Crippen molar-refractivity contribution in [3.63, 3.8) is 0 Å². The zero-order valence-corrected chi connectivity index (χ0v) is 13.5. The third kappa shape index (κ3) is 3.51. The number of nitrogens with zero attached hydrogens (tertiary/aromatic N) is 1. The molecule has 1 N–H and O–H groups in total. The van der Waals surface area contributed by atoms with E-state index in [4.69, 9.17) is 4.74 Å². The molecule has 1 aliphatic rings. The molecule has 0 fully saturated rings. The van der Waals surface area contributed by atoms with Gasteiger partial charge < -0.3 is 9.72 Å². The second kappa shape index (κ2) is 7.47. The number of carbonyl (C=O) groups is 1. The predicted molar refractivity (Wildman–Crippen MR) is 90.4 cm³/mol. The largest absolute Gasteiger partial charge is 0.466 e. The van der Waals surface area contributed by atoms with E-state index < -0.39 is 0 Å². The molecule has 0 saturated carbocycles. The highest BCUT2D eigenvalue weighted by Crippen LogP contribution is 2.19. The van der Waals surface area contributed by atoms with Crippen LogP contribution in [0.2, 0.25) is 0 Å². The van der Waals surface area contributed by atoms with Gasteiger partial charge in [-0.15, -0.1) is 12.4 Å². The molecule has 1 aliphatic heterocycles. The van der Waals surface area contributed by atoms with Crippen molar-refractivity contribution in [2.45, 2.75) is 12.8 Å². The number of methoxy groups -OCH3 is 1. The number of H-pyrrole nitrogens is 1. The first-order chi connectivity index (χ1) is 10.3. The van der Waals surface area contributed by atoms with Gasteiger partial charge in [0.2, 0.25) is 0 Å². The van der Waals surface area contributed by atoms with E-state index in [1.54, 1.807) is 0 Å². The third-order valence-electron chi connectivity index (χ3n) is 4.05. The number of nitrogens with one attached hydrogen (secondary N) is 1. The van der Waals surface area contributed by atoms with Crippen LogP contribution in [0.5, 0.6) is 0 Å². The van der Waals surface area contributed by atoms with Gasteiger partial charge in [-0.05, 0) is 24.5 Å². The molecule has 0 radical (unpaired) electrons. The summed E-state index contributed by atoms with van der Waals surface area (Å²) in [5, 5.41) is 1.29. The smallest absolute Gasteiger partial charge is 0.334 e. The minimum Gasteiger partial charge on any atom is -0.466 e. The minimum atomic E-state index is -0.202. The second-order valence-corrected chi connectivity index (χ2v) is 5.40. The molecule has 3 rings (SSSR count). The molecule has 1 aromatic carbocycles. The van der Waals surface area contributed by atoms with Crippen molar-refractivity contribution in [1.29, 1.82) is 0 Å². The van der Waals surface area contributed by atoms with Crippen molar-refractivity contribution in [2.24, 2.45) is 0 Å². The number of benzene rings is 1. The van der Waals surface area contributed by atoms with Gasteiger partial charge >= 0.3 is 5.97 Å². The Kier molecular flexibility index (Phi) is 5.63. The van der Waals surface area contributed by atoms with Crippen molar-refractivity contribution in [3.05, 3.63) is 47.7 Å². The van der Waals surface area contributed by atoms with Crippen LogP contribution >= 0.6 is 12.4 Å². The molecule has 0 spiro atoms. The lowest BCUT2D eigenvalue weighted by atomic mass is 10.1. The molecule has 0 unspecified atom stereocenters. The molecule has 0 bridgehead atoms. The molecule has 1 aromatic heterocycles. The average Bonchev–Trinajstić information content (AvgIpc) is 2.95. The quantitative estimate of drug-likeness (QED) is 0.881. The van der Waals surface area contributed by atoms with Gasteiger partial charge in [-0.1, -0.05) is 24.3 Å². The van der Waals surface area contributed by atoms with Crippen LogP contribution in [0.3, 0.4) is 0 Å². The second-order valence-electron chi connectivity index (χ2n) is 5.40. The number of hydrogen-bond acceptors (Lipinski definition) is 3. The summed E-state index contributed by atoms with van der Waals surface area (Å²) in [6.45, 7) is 2.65. The monoisotopic (exact) mass is 320 g/mol.